The third kappa shape index (κ3) is 2.52. The standard InChI is InChI=1S/C11H9Br2F2NO/c12-7-2-1-3-16(11(7)17)10-8(13)4-6(14)5-9(10)15/h4-5,7H,1-3H2. The molecule has 2 rings (SSSR count). The molecule has 0 radical (unpaired) electrons. The molecule has 1 aromatic carbocycles. The number of carbonyl (C=O) groups excluding carboxylic acids is 1. The van der Waals surface area contributed by atoms with Crippen molar-refractivity contribution in [3.05, 3.63) is 28.2 Å². The quantitative estimate of drug-likeness (QED) is 0.693. The molecule has 92 valence electrons. The van der Waals surface area contributed by atoms with E-state index in [1.807, 2.05) is 0 Å². The lowest BCUT2D eigenvalue weighted by Crippen LogP contribution is -2.42. The van der Waals surface area contributed by atoms with Crippen LogP contribution in [0.2, 0.25) is 0 Å². The Hall–Kier alpha value is -0.490. The summed E-state index contributed by atoms with van der Waals surface area (Å²) in [6.07, 6.45) is 1.51. The van der Waals surface area contributed by atoms with Gasteiger partial charge in [-0.05, 0) is 34.8 Å². The number of hydrogen-bond acceptors (Lipinski definition) is 1. The van der Waals surface area contributed by atoms with E-state index >= 15 is 0 Å². The molecule has 1 aliphatic heterocycles. The molecule has 0 bridgehead atoms. The van der Waals surface area contributed by atoms with E-state index < -0.39 is 11.6 Å². The van der Waals surface area contributed by atoms with Gasteiger partial charge in [-0.2, -0.15) is 0 Å². The number of alkyl halides is 1. The van der Waals surface area contributed by atoms with E-state index in [1.54, 1.807) is 0 Å². The number of amides is 1. The van der Waals surface area contributed by atoms with Crippen molar-refractivity contribution in [3.8, 4) is 0 Å². The van der Waals surface area contributed by atoms with Gasteiger partial charge in [0.2, 0.25) is 5.91 Å². The van der Waals surface area contributed by atoms with Gasteiger partial charge in [0, 0.05) is 17.1 Å². The van der Waals surface area contributed by atoms with Crippen LogP contribution in [0.3, 0.4) is 0 Å². The Bertz CT molecular complexity index is 444. The minimum Gasteiger partial charge on any atom is -0.308 e. The Morgan fingerprint density at radius 3 is 2.71 bits per heavy atom. The fourth-order valence-corrected chi connectivity index (χ4v) is 3.04. The maximum Gasteiger partial charge on any atom is 0.240 e. The molecule has 0 spiro atoms. The fourth-order valence-electron chi connectivity index (χ4n) is 1.85. The van der Waals surface area contributed by atoms with Crippen LogP contribution >= 0.6 is 31.9 Å². The molecule has 1 heterocycles. The first kappa shape index (κ1) is 13.0. The van der Waals surface area contributed by atoms with Crippen LogP contribution in [0.4, 0.5) is 14.5 Å². The van der Waals surface area contributed by atoms with Gasteiger partial charge in [-0.3, -0.25) is 4.79 Å². The summed E-state index contributed by atoms with van der Waals surface area (Å²) in [6, 6.07) is 1.94. The smallest absolute Gasteiger partial charge is 0.240 e. The molecule has 1 atom stereocenters. The Balaban J connectivity index is 2.43. The molecule has 1 unspecified atom stereocenters. The summed E-state index contributed by atoms with van der Waals surface area (Å²) in [5, 5.41) is 0. The lowest BCUT2D eigenvalue weighted by Gasteiger charge is -2.30. The van der Waals surface area contributed by atoms with Crippen molar-refractivity contribution in [3.63, 3.8) is 0 Å². The van der Waals surface area contributed by atoms with E-state index in [2.05, 4.69) is 31.9 Å². The minimum absolute atomic E-state index is 0.112. The number of rotatable bonds is 1. The van der Waals surface area contributed by atoms with Crippen molar-refractivity contribution in [1.82, 2.24) is 0 Å². The monoisotopic (exact) mass is 367 g/mol. The van der Waals surface area contributed by atoms with E-state index in [9.17, 15) is 13.6 Å². The number of benzene rings is 1. The van der Waals surface area contributed by atoms with Gasteiger partial charge in [-0.15, -0.1) is 0 Å². The summed E-state index contributed by atoms with van der Waals surface area (Å²) in [5.41, 5.74) is 0.112. The molecule has 0 aromatic heterocycles. The Morgan fingerprint density at radius 1 is 1.35 bits per heavy atom. The molecule has 1 aromatic rings. The average Bonchev–Trinajstić information content (AvgIpc) is 2.23. The highest BCUT2D eigenvalue weighted by atomic mass is 79.9. The highest BCUT2D eigenvalue weighted by Gasteiger charge is 2.30. The van der Waals surface area contributed by atoms with Crippen LogP contribution in [-0.4, -0.2) is 17.3 Å². The molecule has 1 saturated heterocycles. The molecule has 2 nitrogen and oxygen atoms in total. The molecule has 0 saturated carbocycles. The average molecular weight is 369 g/mol. The topological polar surface area (TPSA) is 20.3 Å². The zero-order valence-electron chi connectivity index (χ0n) is 8.72. The molecular formula is C11H9Br2F2NO. The lowest BCUT2D eigenvalue weighted by molar-refractivity contribution is -0.118. The fraction of sp³-hybridized carbons (Fsp3) is 0.364. The van der Waals surface area contributed by atoms with E-state index in [1.165, 1.54) is 4.90 Å². The zero-order valence-corrected chi connectivity index (χ0v) is 11.9. The summed E-state index contributed by atoms with van der Waals surface area (Å²) in [4.78, 5) is 13.0. The molecule has 1 aliphatic rings. The van der Waals surface area contributed by atoms with E-state index in [4.69, 9.17) is 0 Å². The normalized spacial score (nSPS) is 20.8. The SMILES string of the molecule is O=C1C(Br)CCCN1c1c(F)cc(F)cc1Br. The number of piperidine rings is 1. The highest BCUT2D eigenvalue weighted by Crippen LogP contribution is 2.33. The van der Waals surface area contributed by atoms with Gasteiger partial charge in [-0.25, -0.2) is 8.78 Å². The van der Waals surface area contributed by atoms with Gasteiger partial charge in [-0.1, -0.05) is 15.9 Å². The van der Waals surface area contributed by atoms with Gasteiger partial charge < -0.3 is 4.90 Å². The van der Waals surface area contributed by atoms with Crippen LogP contribution in [0, 0.1) is 11.6 Å². The van der Waals surface area contributed by atoms with Crippen LogP contribution < -0.4 is 4.90 Å². The van der Waals surface area contributed by atoms with Crippen molar-refractivity contribution in [1.29, 1.82) is 0 Å². The van der Waals surface area contributed by atoms with Crippen molar-refractivity contribution in [2.45, 2.75) is 17.7 Å². The third-order valence-corrected chi connectivity index (χ3v) is 4.08. The first-order valence-corrected chi connectivity index (χ1v) is 6.81. The van der Waals surface area contributed by atoms with Crippen LogP contribution in [0.5, 0.6) is 0 Å². The maximum atomic E-state index is 13.7. The summed E-state index contributed by atoms with van der Waals surface area (Å²) < 4.78 is 26.9. The van der Waals surface area contributed by atoms with E-state index in [-0.39, 0.29) is 20.9 Å². The zero-order chi connectivity index (χ0) is 12.6. The van der Waals surface area contributed by atoms with Gasteiger partial charge in [0.1, 0.15) is 5.82 Å². The van der Waals surface area contributed by atoms with E-state index in [0.29, 0.717) is 6.54 Å². The summed E-state index contributed by atoms with van der Waals surface area (Å²) in [6.45, 7) is 0.447. The summed E-state index contributed by atoms with van der Waals surface area (Å²) >= 11 is 6.34. The highest BCUT2D eigenvalue weighted by molar-refractivity contribution is 9.10. The molecule has 1 amide bonds. The number of hydrogen-bond donors (Lipinski definition) is 0. The Morgan fingerprint density at radius 2 is 2.06 bits per heavy atom. The molecule has 0 N–H and O–H groups in total. The van der Waals surface area contributed by atoms with Crippen molar-refractivity contribution >= 4 is 43.5 Å². The van der Waals surface area contributed by atoms with E-state index in [0.717, 1.165) is 25.0 Å². The van der Waals surface area contributed by atoms with Crippen LogP contribution in [0.1, 0.15) is 12.8 Å². The molecule has 6 heteroatoms. The van der Waals surface area contributed by atoms with Crippen LogP contribution in [-0.2, 0) is 4.79 Å². The molecule has 1 fully saturated rings. The lowest BCUT2D eigenvalue weighted by atomic mass is 10.1. The summed E-state index contributed by atoms with van der Waals surface area (Å²) in [5.74, 6) is -1.59. The second kappa shape index (κ2) is 5.02. The number of anilines is 1. The third-order valence-electron chi connectivity index (χ3n) is 2.62. The van der Waals surface area contributed by atoms with Crippen LogP contribution in [0.15, 0.2) is 16.6 Å². The van der Waals surface area contributed by atoms with Crippen LogP contribution in [0.25, 0.3) is 0 Å². The van der Waals surface area contributed by atoms with Crippen molar-refractivity contribution < 1.29 is 13.6 Å². The van der Waals surface area contributed by atoms with Gasteiger partial charge in [0.05, 0.1) is 10.5 Å². The van der Waals surface area contributed by atoms with Crippen molar-refractivity contribution in [2.24, 2.45) is 0 Å². The minimum atomic E-state index is -0.730. The molecule has 0 aliphatic carbocycles. The first-order chi connectivity index (χ1) is 8.00. The predicted octanol–water partition coefficient (Wildman–Crippen LogP) is 3.62. The Labute approximate surface area is 114 Å². The van der Waals surface area contributed by atoms with Gasteiger partial charge >= 0.3 is 0 Å². The number of nitrogens with zero attached hydrogens (tertiary/aromatic N) is 1. The first-order valence-electron chi connectivity index (χ1n) is 5.10. The number of halogens is 4. The molecule has 17 heavy (non-hydrogen) atoms. The summed E-state index contributed by atoms with van der Waals surface area (Å²) in [7, 11) is 0. The second-order valence-electron chi connectivity index (χ2n) is 3.82. The largest absolute Gasteiger partial charge is 0.308 e. The molecular weight excluding hydrogens is 360 g/mol. The van der Waals surface area contributed by atoms with Crippen molar-refractivity contribution in [2.75, 3.05) is 11.4 Å². The Kier molecular flexibility index (Phi) is 3.82. The number of carbonyl (C=O) groups is 1. The maximum absolute atomic E-state index is 13.7. The van der Waals surface area contributed by atoms with Gasteiger partial charge in [0.15, 0.2) is 5.82 Å². The predicted molar refractivity (Wildman–Crippen MR) is 68.4 cm³/mol. The second-order valence-corrected chi connectivity index (χ2v) is 5.78. The van der Waals surface area contributed by atoms with Gasteiger partial charge in [0.25, 0.3) is 0 Å².